The van der Waals surface area contributed by atoms with Crippen molar-refractivity contribution in [3.63, 3.8) is 0 Å². The Kier molecular flexibility index (Phi) is 6.81. The van der Waals surface area contributed by atoms with Crippen LogP contribution in [0.3, 0.4) is 0 Å². The zero-order chi connectivity index (χ0) is 14.5. The first kappa shape index (κ1) is 17.1. The van der Waals surface area contributed by atoms with E-state index in [-0.39, 0.29) is 0 Å². The molecule has 0 radical (unpaired) electrons. The van der Waals surface area contributed by atoms with E-state index in [9.17, 15) is 0 Å². The molecule has 0 aromatic rings. The molecule has 0 nitrogen and oxygen atoms in total. The topological polar surface area (TPSA) is 0 Å². The fourth-order valence-electron chi connectivity index (χ4n) is 5.71. The summed E-state index contributed by atoms with van der Waals surface area (Å²) in [4.78, 5) is 0. The summed E-state index contributed by atoms with van der Waals surface area (Å²) in [5, 5.41) is 0. The summed E-state index contributed by atoms with van der Waals surface area (Å²) in [5.41, 5.74) is 3.15. The van der Waals surface area contributed by atoms with Gasteiger partial charge in [-0.2, -0.15) is 0 Å². The van der Waals surface area contributed by atoms with Gasteiger partial charge in [0.2, 0.25) is 0 Å². The first-order valence-corrected chi connectivity index (χ1v) is 14.3. The fourth-order valence-corrected chi connectivity index (χ4v) is 18.9. The summed E-state index contributed by atoms with van der Waals surface area (Å²) in [5.74, 6) is -1.40. The van der Waals surface area contributed by atoms with Crippen LogP contribution in [0, 0.1) is 0 Å². The quantitative estimate of drug-likeness (QED) is 0.368. The molecule has 0 unspecified atom stereocenters. The van der Waals surface area contributed by atoms with Gasteiger partial charge in [-0.05, 0) is 0 Å². The van der Waals surface area contributed by atoms with E-state index in [1.54, 1.807) is 0 Å². The summed E-state index contributed by atoms with van der Waals surface area (Å²) < 4.78 is 0. The zero-order valence-corrected chi connectivity index (χ0v) is 16.2. The summed E-state index contributed by atoms with van der Waals surface area (Å²) in [6, 6.07) is 0. The normalized spacial score (nSPS) is 28.8. The second kappa shape index (κ2) is 8.37. The van der Waals surface area contributed by atoms with Crippen LogP contribution in [0.4, 0.5) is 0 Å². The molecule has 3 aliphatic carbocycles. The van der Waals surface area contributed by atoms with Gasteiger partial charge in [0.15, 0.2) is 0 Å². The fraction of sp³-hybridized carbons (Fsp3) is 1.00. The second-order valence-corrected chi connectivity index (χ2v) is 16.3. The molecule has 3 fully saturated rings. The van der Waals surface area contributed by atoms with Crippen molar-refractivity contribution in [1.82, 2.24) is 0 Å². The summed E-state index contributed by atoms with van der Waals surface area (Å²) >= 11 is 2.05. The third kappa shape index (κ3) is 3.68. The molecule has 0 aliphatic heterocycles. The number of hydrogen-bond acceptors (Lipinski definition) is 0. The molecule has 3 heteroatoms. The van der Waals surface area contributed by atoms with Crippen molar-refractivity contribution in [2.75, 3.05) is 0 Å². The Morgan fingerprint density at radius 1 is 0.524 bits per heavy atom. The van der Waals surface area contributed by atoms with Crippen LogP contribution >= 0.6 is 16.1 Å². The van der Waals surface area contributed by atoms with Crippen LogP contribution in [0.15, 0.2) is 0 Å². The third-order valence-electron chi connectivity index (χ3n) is 6.70. The molecular weight excluding hydrogens is 346 g/mol. The van der Waals surface area contributed by atoms with Gasteiger partial charge >= 0.3 is 143 Å². The monoisotopic (exact) mass is 379 g/mol. The molecule has 0 saturated heterocycles. The molecule has 0 spiro atoms. The van der Waals surface area contributed by atoms with Crippen LogP contribution in [0.5, 0.6) is 0 Å². The molecule has 0 aromatic heterocycles. The van der Waals surface area contributed by atoms with E-state index >= 15 is 0 Å². The maximum absolute atomic E-state index is 6.79. The number of hydrogen-bond donors (Lipinski definition) is 0. The van der Waals surface area contributed by atoms with E-state index in [1.807, 2.05) is 0 Å². The van der Waals surface area contributed by atoms with Gasteiger partial charge in [0.25, 0.3) is 0 Å². The Morgan fingerprint density at radius 3 is 1.05 bits per heavy atom. The molecule has 3 rings (SSSR count). The summed E-state index contributed by atoms with van der Waals surface area (Å²) in [7, 11) is 6.79. The number of halogens is 1. The molecule has 3 saturated carbocycles. The molecule has 3 aliphatic rings. The molecule has 0 aromatic carbocycles. The average Bonchev–Trinajstić information content (AvgIpc) is 2.59. The zero-order valence-electron chi connectivity index (χ0n) is 13.5. The third-order valence-corrected chi connectivity index (χ3v) is 19.0. The van der Waals surface area contributed by atoms with E-state index in [2.05, 4.69) is 13.6 Å². The van der Waals surface area contributed by atoms with Gasteiger partial charge in [-0.1, -0.05) is 0 Å². The SMILES string of the molecule is [Cl][Cu][PH](C1CCCCC1)(C1CCCCC1)C1CCCCC1. The molecule has 0 atom stereocenters. The second-order valence-electron chi connectivity index (χ2n) is 7.82. The van der Waals surface area contributed by atoms with Gasteiger partial charge < -0.3 is 0 Å². The Bertz CT molecular complexity index is 259. The first-order valence-electron chi connectivity index (χ1n) is 9.58. The van der Waals surface area contributed by atoms with Crippen molar-refractivity contribution in [3.8, 4) is 0 Å². The maximum atomic E-state index is 6.79. The van der Waals surface area contributed by atoms with Crippen LogP contribution in [0.2, 0.25) is 0 Å². The summed E-state index contributed by atoms with van der Waals surface area (Å²) in [6.45, 7) is 0. The standard InChI is InChI=1S/C18H33P.ClH.Cu/c1-4-10-16(11-5-1)19(17-12-6-2-7-13-17)18-14-8-3-9-15-18;;/h16-18H,1-15H2;1H;. The first-order chi connectivity index (χ1) is 10.4. The molecule has 0 N–H and O–H groups in total. The van der Waals surface area contributed by atoms with E-state index in [1.165, 1.54) is 96.3 Å². The Hall–Kier alpha value is 1.24. The van der Waals surface area contributed by atoms with Crippen molar-refractivity contribution < 1.29 is 13.6 Å². The van der Waals surface area contributed by atoms with Gasteiger partial charge in [-0.15, -0.1) is 0 Å². The number of rotatable bonds is 4. The van der Waals surface area contributed by atoms with Gasteiger partial charge in [-0.3, -0.25) is 0 Å². The van der Waals surface area contributed by atoms with E-state index in [0.717, 1.165) is 17.0 Å². The van der Waals surface area contributed by atoms with E-state index in [0.29, 0.717) is 0 Å². The van der Waals surface area contributed by atoms with Crippen LogP contribution in [0.25, 0.3) is 0 Å². The average molecular weight is 380 g/mol. The van der Waals surface area contributed by atoms with Gasteiger partial charge in [0, 0.05) is 0 Å². The van der Waals surface area contributed by atoms with Crippen LogP contribution < -0.4 is 0 Å². The van der Waals surface area contributed by atoms with Gasteiger partial charge in [0.1, 0.15) is 0 Å². The van der Waals surface area contributed by atoms with E-state index < -0.39 is 5.95 Å². The van der Waals surface area contributed by atoms with Crippen molar-refractivity contribution in [2.24, 2.45) is 0 Å². The Morgan fingerprint density at radius 2 is 0.810 bits per heavy atom. The molecular formula is C18H34ClCuP. The van der Waals surface area contributed by atoms with Gasteiger partial charge in [0.05, 0.1) is 0 Å². The van der Waals surface area contributed by atoms with Crippen molar-refractivity contribution in [1.29, 1.82) is 0 Å². The molecule has 129 valence electrons. The van der Waals surface area contributed by atoms with Crippen LogP contribution in [0.1, 0.15) is 96.3 Å². The van der Waals surface area contributed by atoms with Crippen LogP contribution in [-0.2, 0) is 13.6 Å². The minimum absolute atomic E-state index is 1.05. The minimum atomic E-state index is -1.40. The van der Waals surface area contributed by atoms with Crippen LogP contribution in [-0.4, -0.2) is 17.0 Å². The molecule has 0 heterocycles. The summed E-state index contributed by atoms with van der Waals surface area (Å²) in [6.07, 6.45) is 22.6. The van der Waals surface area contributed by atoms with Crippen molar-refractivity contribution >= 4 is 16.1 Å². The van der Waals surface area contributed by atoms with Crippen molar-refractivity contribution in [3.05, 3.63) is 0 Å². The molecule has 0 amide bonds. The van der Waals surface area contributed by atoms with E-state index in [4.69, 9.17) is 10.1 Å². The van der Waals surface area contributed by atoms with Gasteiger partial charge in [-0.25, -0.2) is 0 Å². The van der Waals surface area contributed by atoms with Crippen molar-refractivity contribution in [2.45, 2.75) is 113 Å². The molecule has 0 bridgehead atoms. The predicted octanol–water partition coefficient (Wildman–Crippen LogP) is 6.89. The Balaban J connectivity index is 1.85. The predicted molar refractivity (Wildman–Crippen MR) is 94.8 cm³/mol. The molecule has 21 heavy (non-hydrogen) atoms. The Labute approximate surface area is 142 Å².